The maximum atomic E-state index is 11.6. The lowest BCUT2D eigenvalue weighted by atomic mass is 10.2. The van der Waals surface area contributed by atoms with E-state index < -0.39 is 0 Å². The number of hydrogen-bond donors (Lipinski definition) is 2. The Hall–Kier alpha value is -1.55. The molecular formula is C11H16N2O2. The molecule has 4 nitrogen and oxygen atoms in total. The molecule has 0 spiro atoms. The molecule has 1 heterocycles. The van der Waals surface area contributed by atoms with E-state index in [0.29, 0.717) is 24.4 Å². The molecule has 0 unspecified atom stereocenters. The maximum Gasteiger partial charge on any atom is 0.255 e. The molecule has 0 aromatic carbocycles. The van der Waals surface area contributed by atoms with Crippen molar-refractivity contribution < 1.29 is 9.21 Å². The first-order chi connectivity index (χ1) is 7.15. The van der Waals surface area contributed by atoms with Gasteiger partial charge in [-0.2, -0.15) is 0 Å². The minimum Gasteiger partial charge on any atom is -0.466 e. The quantitative estimate of drug-likeness (QED) is 0.729. The Morgan fingerprint density at radius 2 is 2.27 bits per heavy atom. The molecule has 82 valence electrons. The van der Waals surface area contributed by atoms with Crippen molar-refractivity contribution in [1.82, 2.24) is 5.32 Å². The van der Waals surface area contributed by atoms with Gasteiger partial charge in [0.05, 0.1) is 5.56 Å². The Labute approximate surface area is 89.1 Å². The highest BCUT2D eigenvalue weighted by atomic mass is 16.3. The van der Waals surface area contributed by atoms with Crippen LogP contribution in [0.1, 0.15) is 21.9 Å². The van der Waals surface area contributed by atoms with Crippen LogP contribution in [0.25, 0.3) is 0 Å². The van der Waals surface area contributed by atoms with Gasteiger partial charge >= 0.3 is 0 Å². The zero-order chi connectivity index (χ0) is 11.3. The van der Waals surface area contributed by atoms with Crippen LogP contribution in [0.5, 0.6) is 0 Å². The SMILES string of the molecule is Cc1cc(C(=O)NC/C=C/CN)c(C)o1. The number of nitrogens with one attached hydrogen (secondary N) is 1. The fraction of sp³-hybridized carbons (Fsp3) is 0.364. The number of carbonyl (C=O) groups excluding carboxylic acids is 1. The molecule has 0 fully saturated rings. The number of amides is 1. The summed E-state index contributed by atoms with van der Waals surface area (Å²) < 4.78 is 5.26. The van der Waals surface area contributed by atoms with Crippen LogP contribution in [0.15, 0.2) is 22.6 Å². The summed E-state index contributed by atoms with van der Waals surface area (Å²) in [5, 5.41) is 2.75. The largest absolute Gasteiger partial charge is 0.466 e. The van der Waals surface area contributed by atoms with E-state index in [0.717, 1.165) is 5.76 Å². The normalized spacial score (nSPS) is 10.9. The molecule has 15 heavy (non-hydrogen) atoms. The van der Waals surface area contributed by atoms with Crippen molar-refractivity contribution in [3.05, 3.63) is 35.3 Å². The molecule has 1 rings (SSSR count). The van der Waals surface area contributed by atoms with Gasteiger partial charge in [0.2, 0.25) is 0 Å². The molecule has 0 bridgehead atoms. The Balaban J connectivity index is 2.54. The summed E-state index contributed by atoms with van der Waals surface area (Å²) in [5.41, 5.74) is 5.86. The van der Waals surface area contributed by atoms with Crippen molar-refractivity contribution in [2.24, 2.45) is 5.73 Å². The summed E-state index contributed by atoms with van der Waals surface area (Å²) in [7, 11) is 0. The molecule has 0 atom stereocenters. The third-order valence-electron chi connectivity index (χ3n) is 1.97. The van der Waals surface area contributed by atoms with Gasteiger partial charge in [-0.05, 0) is 19.9 Å². The molecule has 1 aromatic rings. The molecule has 3 N–H and O–H groups in total. The zero-order valence-electron chi connectivity index (χ0n) is 9.04. The van der Waals surface area contributed by atoms with E-state index in [4.69, 9.17) is 10.2 Å². The van der Waals surface area contributed by atoms with Gasteiger partial charge in [-0.1, -0.05) is 12.2 Å². The second kappa shape index (κ2) is 5.36. The average molecular weight is 208 g/mol. The highest BCUT2D eigenvalue weighted by molar-refractivity contribution is 5.95. The van der Waals surface area contributed by atoms with E-state index in [9.17, 15) is 4.79 Å². The summed E-state index contributed by atoms with van der Waals surface area (Å²) in [5.74, 6) is 1.27. The third kappa shape index (κ3) is 3.25. The number of carbonyl (C=O) groups is 1. The lowest BCUT2D eigenvalue weighted by Gasteiger charge is -1.99. The van der Waals surface area contributed by atoms with E-state index in [2.05, 4.69) is 5.32 Å². The summed E-state index contributed by atoms with van der Waals surface area (Å²) in [4.78, 5) is 11.6. The van der Waals surface area contributed by atoms with Gasteiger partial charge in [0.25, 0.3) is 5.91 Å². The fourth-order valence-corrected chi connectivity index (χ4v) is 1.28. The smallest absolute Gasteiger partial charge is 0.255 e. The molecule has 0 aliphatic rings. The van der Waals surface area contributed by atoms with Crippen LogP contribution in [0.4, 0.5) is 0 Å². The predicted octanol–water partition coefficient (Wildman–Crippen LogP) is 1.14. The number of hydrogen-bond acceptors (Lipinski definition) is 3. The Kier molecular flexibility index (Phi) is 4.12. The predicted molar refractivity (Wildman–Crippen MR) is 58.7 cm³/mol. The standard InChI is InChI=1S/C11H16N2O2/c1-8-7-10(9(2)15-8)11(14)13-6-4-3-5-12/h3-4,7H,5-6,12H2,1-2H3,(H,13,14)/b4-3+. The molecular weight excluding hydrogens is 192 g/mol. The van der Waals surface area contributed by atoms with Crippen molar-refractivity contribution in [2.45, 2.75) is 13.8 Å². The minimum absolute atomic E-state index is 0.119. The molecule has 0 aliphatic carbocycles. The fourth-order valence-electron chi connectivity index (χ4n) is 1.28. The van der Waals surface area contributed by atoms with E-state index in [1.54, 1.807) is 19.1 Å². The number of rotatable bonds is 4. The molecule has 1 aromatic heterocycles. The Morgan fingerprint density at radius 3 is 2.80 bits per heavy atom. The molecule has 1 amide bonds. The third-order valence-corrected chi connectivity index (χ3v) is 1.97. The highest BCUT2D eigenvalue weighted by Gasteiger charge is 2.11. The zero-order valence-corrected chi connectivity index (χ0v) is 9.04. The summed E-state index contributed by atoms with van der Waals surface area (Å²) >= 11 is 0. The number of furan rings is 1. The Bertz CT molecular complexity index is 367. The van der Waals surface area contributed by atoms with Crippen LogP contribution >= 0.6 is 0 Å². The van der Waals surface area contributed by atoms with E-state index >= 15 is 0 Å². The van der Waals surface area contributed by atoms with Crippen molar-refractivity contribution >= 4 is 5.91 Å². The van der Waals surface area contributed by atoms with Crippen molar-refractivity contribution in [3.63, 3.8) is 0 Å². The van der Waals surface area contributed by atoms with E-state index in [-0.39, 0.29) is 5.91 Å². The first kappa shape index (κ1) is 11.5. The second-order valence-corrected chi connectivity index (χ2v) is 3.24. The van der Waals surface area contributed by atoms with Gasteiger partial charge in [-0.15, -0.1) is 0 Å². The lowest BCUT2D eigenvalue weighted by molar-refractivity contribution is 0.0956. The van der Waals surface area contributed by atoms with E-state index in [1.807, 2.05) is 13.0 Å². The lowest BCUT2D eigenvalue weighted by Crippen LogP contribution is -2.23. The minimum atomic E-state index is -0.119. The summed E-state index contributed by atoms with van der Waals surface area (Å²) in [6, 6.07) is 1.73. The number of aryl methyl sites for hydroxylation is 2. The van der Waals surface area contributed by atoms with Gasteiger partial charge in [0.15, 0.2) is 0 Å². The number of nitrogens with two attached hydrogens (primary N) is 1. The topological polar surface area (TPSA) is 68.3 Å². The first-order valence-corrected chi connectivity index (χ1v) is 4.85. The van der Waals surface area contributed by atoms with Gasteiger partial charge in [0.1, 0.15) is 11.5 Å². The van der Waals surface area contributed by atoms with Gasteiger partial charge < -0.3 is 15.5 Å². The van der Waals surface area contributed by atoms with E-state index in [1.165, 1.54) is 0 Å². The monoisotopic (exact) mass is 208 g/mol. The van der Waals surface area contributed by atoms with Crippen LogP contribution in [0.3, 0.4) is 0 Å². The van der Waals surface area contributed by atoms with Crippen LogP contribution in [-0.4, -0.2) is 19.0 Å². The van der Waals surface area contributed by atoms with Crippen molar-refractivity contribution in [3.8, 4) is 0 Å². The highest BCUT2D eigenvalue weighted by Crippen LogP contribution is 2.12. The van der Waals surface area contributed by atoms with Crippen LogP contribution in [0.2, 0.25) is 0 Å². The average Bonchev–Trinajstić information content (AvgIpc) is 2.52. The molecule has 0 saturated heterocycles. The van der Waals surface area contributed by atoms with Crippen LogP contribution in [0, 0.1) is 13.8 Å². The van der Waals surface area contributed by atoms with Crippen LogP contribution in [-0.2, 0) is 0 Å². The van der Waals surface area contributed by atoms with Gasteiger partial charge in [-0.25, -0.2) is 0 Å². The van der Waals surface area contributed by atoms with Crippen molar-refractivity contribution in [2.75, 3.05) is 13.1 Å². The molecule has 0 saturated carbocycles. The van der Waals surface area contributed by atoms with Gasteiger partial charge in [0, 0.05) is 13.1 Å². The first-order valence-electron chi connectivity index (χ1n) is 4.85. The van der Waals surface area contributed by atoms with Crippen molar-refractivity contribution in [1.29, 1.82) is 0 Å². The molecule has 0 aliphatic heterocycles. The maximum absolute atomic E-state index is 11.6. The van der Waals surface area contributed by atoms with Crippen LogP contribution < -0.4 is 11.1 Å². The summed E-state index contributed by atoms with van der Waals surface area (Å²) in [6.45, 7) is 4.56. The summed E-state index contributed by atoms with van der Waals surface area (Å²) in [6.07, 6.45) is 3.62. The molecule has 0 radical (unpaired) electrons. The van der Waals surface area contributed by atoms with Gasteiger partial charge in [-0.3, -0.25) is 4.79 Å². The Morgan fingerprint density at radius 1 is 1.53 bits per heavy atom. The second-order valence-electron chi connectivity index (χ2n) is 3.24. The molecule has 4 heteroatoms.